The van der Waals surface area contributed by atoms with Crippen molar-refractivity contribution in [2.75, 3.05) is 33.4 Å². The predicted octanol–water partition coefficient (Wildman–Crippen LogP) is 2.31. The maximum absolute atomic E-state index is 8.93. The quantitative estimate of drug-likeness (QED) is 0.793. The summed E-state index contributed by atoms with van der Waals surface area (Å²) in [5.74, 6) is 1.73. The van der Waals surface area contributed by atoms with Crippen LogP contribution in [0.3, 0.4) is 0 Å². The Morgan fingerprint density at radius 1 is 1.25 bits per heavy atom. The molecule has 0 radical (unpaired) electrons. The van der Waals surface area contributed by atoms with Crippen LogP contribution >= 0.6 is 0 Å². The zero-order valence-electron chi connectivity index (χ0n) is 12.3. The monoisotopic (exact) mass is 279 g/mol. The molecule has 1 aliphatic rings. The van der Waals surface area contributed by atoms with E-state index in [0.717, 1.165) is 37.4 Å². The summed E-state index contributed by atoms with van der Waals surface area (Å²) in [6.07, 6.45) is 4.51. The molecule has 112 valence electrons. The standard InChI is InChI=1S/C16H25NO3/c1-19-15-6-8-16(9-7-15)20-13-11-17-10-2-4-14(17)5-3-12-18/h6-9,14,18H,2-5,10-13H2,1H3. The lowest BCUT2D eigenvalue weighted by atomic mass is 10.1. The van der Waals surface area contributed by atoms with Crippen molar-refractivity contribution < 1.29 is 14.6 Å². The van der Waals surface area contributed by atoms with Crippen molar-refractivity contribution in [1.29, 1.82) is 0 Å². The summed E-state index contributed by atoms with van der Waals surface area (Å²) in [6.45, 7) is 3.12. The van der Waals surface area contributed by atoms with Crippen molar-refractivity contribution in [2.45, 2.75) is 31.7 Å². The zero-order valence-corrected chi connectivity index (χ0v) is 12.3. The van der Waals surface area contributed by atoms with Crippen molar-refractivity contribution >= 4 is 0 Å². The average Bonchev–Trinajstić information content (AvgIpc) is 2.93. The summed E-state index contributed by atoms with van der Waals surface area (Å²) >= 11 is 0. The first-order valence-corrected chi connectivity index (χ1v) is 7.45. The molecule has 1 fully saturated rings. The predicted molar refractivity (Wildman–Crippen MR) is 79.4 cm³/mol. The van der Waals surface area contributed by atoms with Crippen LogP contribution in [0.4, 0.5) is 0 Å². The van der Waals surface area contributed by atoms with Crippen LogP contribution in [0.1, 0.15) is 25.7 Å². The van der Waals surface area contributed by atoms with Crippen molar-refractivity contribution in [3.05, 3.63) is 24.3 Å². The number of methoxy groups -OCH3 is 1. The molecule has 1 aliphatic heterocycles. The van der Waals surface area contributed by atoms with Gasteiger partial charge in [0.25, 0.3) is 0 Å². The first-order chi connectivity index (χ1) is 9.83. The molecule has 1 unspecified atom stereocenters. The Labute approximate surface area is 121 Å². The second-order valence-electron chi connectivity index (χ2n) is 5.22. The van der Waals surface area contributed by atoms with Gasteiger partial charge in [0.05, 0.1) is 7.11 Å². The molecule has 0 saturated carbocycles. The summed E-state index contributed by atoms with van der Waals surface area (Å²) < 4.78 is 10.9. The molecule has 4 heteroatoms. The number of benzene rings is 1. The summed E-state index contributed by atoms with van der Waals surface area (Å²) in [4.78, 5) is 2.49. The van der Waals surface area contributed by atoms with Gasteiger partial charge in [-0.05, 0) is 56.5 Å². The lowest BCUT2D eigenvalue weighted by Crippen LogP contribution is -2.33. The molecule has 20 heavy (non-hydrogen) atoms. The smallest absolute Gasteiger partial charge is 0.119 e. The Bertz CT molecular complexity index is 380. The van der Waals surface area contributed by atoms with Gasteiger partial charge in [0.15, 0.2) is 0 Å². The van der Waals surface area contributed by atoms with E-state index in [4.69, 9.17) is 14.6 Å². The fraction of sp³-hybridized carbons (Fsp3) is 0.625. The van der Waals surface area contributed by atoms with E-state index in [0.29, 0.717) is 19.3 Å². The minimum atomic E-state index is 0.298. The number of ether oxygens (including phenoxy) is 2. The van der Waals surface area contributed by atoms with E-state index in [1.165, 1.54) is 12.8 Å². The molecule has 0 bridgehead atoms. The molecule has 0 aliphatic carbocycles. The molecule has 0 spiro atoms. The van der Waals surface area contributed by atoms with Crippen molar-refractivity contribution in [3.8, 4) is 11.5 Å². The molecule has 2 rings (SSSR count). The van der Waals surface area contributed by atoms with Gasteiger partial charge >= 0.3 is 0 Å². The molecule has 4 nitrogen and oxygen atoms in total. The number of likely N-dealkylation sites (tertiary alicyclic amines) is 1. The molecule has 1 atom stereocenters. The van der Waals surface area contributed by atoms with Crippen molar-refractivity contribution in [2.24, 2.45) is 0 Å². The summed E-state index contributed by atoms with van der Waals surface area (Å²) in [5.41, 5.74) is 0. The number of hydrogen-bond acceptors (Lipinski definition) is 4. The number of nitrogens with zero attached hydrogens (tertiary/aromatic N) is 1. The van der Waals surface area contributed by atoms with Crippen LogP contribution in [0.15, 0.2) is 24.3 Å². The average molecular weight is 279 g/mol. The summed E-state index contributed by atoms with van der Waals surface area (Å²) in [7, 11) is 1.66. The minimum Gasteiger partial charge on any atom is -0.497 e. The molecular weight excluding hydrogens is 254 g/mol. The Hall–Kier alpha value is -1.26. The van der Waals surface area contributed by atoms with Crippen LogP contribution in [-0.2, 0) is 0 Å². The van der Waals surface area contributed by atoms with E-state index in [2.05, 4.69) is 4.90 Å². The first-order valence-electron chi connectivity index (χ1n) is 7.45. The highest BCUT2D eigenvalue weighted by Crippen LogP contribution is 2.21. The molecule has 1 aromatic rings. The van der Waals surface area contributed by atoms with E-state index in [1.807, 2.05) is 24.3 Å². The molecule has 1 aromatic carbocycles. The molecular formula is C16H25NO3. The fourth-order valence-electron chi connectivity index (χ4n) is 2.80. The third-order valence-electron chi connectivity index (χ3n) is 3.90. The third-order valence-corrected chi connectivity index (χ3v) is 3.90. The molecule has 1 N–H and O–H groups in total. The largest absolute Gasteiger partial charge is 0.497 e. The van der Waals surface area contributed by atoms with E-state index in [-0.39, 0.29) is 0 Å². The van der Waals surface area contributed by atoms with Gasteiger partial charge < -0.3 is 14.6 Å². The van der Waals surface area contributed by atoms with Crippen LogP contribution in [0.25, 0.3) is 0 Å². The van der Waals surface area contributed by atoms with Crippen LogP contribution in [0.5, 0.6) is 11.5 Å². The van der Waals surface area contributed by atoms with Crippen molar-refractivity contribution in [1.82, 2.24) is 4.90 Å². The van der Waals surface area contributed by atoms with Gasteiger partial charge in [0.2, 0.25) is 0 Å². The lowest BCUT2D eigenvalue weighted by molar-refractivity contribution is 0.180. The van der Waals surface area contributed by atoms with Gasteiger partial charge in [-0.3, -0.25) is 4.90 Å². The van der Waals surface area contributed by atoms with E-state index in [1.54, 1.807) is 7.11 Å². The highest BCUT2D eigenvalue weighted by molar-refractivity contribution is 5.31. The maximum Gasteiger partial charge on any atom is 0.119 e. The van der Waals surface area contributed by atoms with E-state index in [9.17, 15) is 0 Å². The number of rotatable bonds is 8. The SMILES string of the molecule is COc1ccc(OCCN2CCCC2CCCO)cc1. The Morgan fingerprint density at radius 3 is 2.70 bits per heavy atom. The van der Waals surface area contributed by atoms with Gasteiger partial charge in [0.1, 0.15) is 18.1 Å². The Balaban J connectivity index is 1.71. The Morgan fingerprint density at radius 2 is 2.00 bits per heavy atom. The second-order valence-corrected chi connectivity index (χ2v) is 5.22. The number of aliphatic hydroxyl groups excluding tert-OH is 1. The second kappa shape index (κ2) is 8.12. The van der Waals surface area contributed by atoms with E-state index >= 15 is 0 Å². The topological polar surface area (TPSA) is 41.9 Å². The third kappa shape index (κ3) is 4.39. The molecule has 1 saturated heterocycles. The number of aliphatic hydroxyl groups is 1. The minimum absolute atomic E-state index is 0.298. The van der Waals surface area contributed by atoms with Crippen LogP contribution in [-0.4, -0.2) is 49.5 Å². The fourth-order valence-corrected chi connectivity index (χ4v) is 2.80. The molecule has 0 amide bonds. The normalized spacial score (nSPS) is 19.2. The summed E-state index contributed by atoms with van der Waals surface area (Å²) in [5, 5.41) is 8.93. The van der Waals surface area contributed by atoms with Gasteiger partial charge in [-0.1, -0.05) is 0 Å². The molecule has 0 aromatic heterocycles. The van der Waals surface area contributed by atoms with Gasteiger partial charge in [0, 0.05) is 19.2 Å². The van der Waals surface area contributed by atoms with Crippen LogP contribution in [0, 0.1) is 0 Å². The highest BCUT2D eigenvalue weighted by Gasteiger charge is 2.23. The first kappa shape index (κ1) is 15.1. The van der Waals surface area contributed by atoms with Gasteiger partial charge in [-0.15, -0.1) is 0 Å². The van der Waals surface area contributed by atoms with Crippen LogP contribution < -0.4 is 9.47 Å². The summed E-state index contributed by atoms with van der Waals surface area (Å²) in [6, 6.07) is 8.32. The van der Waals surface area contributed by atoms with Gasteiger partial charge in [-0.25, -0.2) is 0 Å². The van der Waals surface area contributed by atoms with Gasteiger partial charge in [-0.2, -0.15) is 0 Å². The maximum atomic E-state index is 8.93. The van der Waals surface area contributed by atoms with Crippen molar-refractivity contribution in [3.63, 3.8) is 0 Å². The van der Waals surface area contributed by atoms with Crippen LogP contribution in [0.2, 0.25) is 0 Å². The highest BCUT2D eigenvalue weighted by atomic mass is 16.5. The van der Waals surface area contributed by atoms with E-state index < -0.39 is 0 Å². The Kier molecular flexibility index (Phi) is 6.15. The number of hydrogen-bond donors (Lipinski definition) is 1. The zero-order chi connectivity index (χ0) is 14.2. The molecule has 1 heterocycles. The lowest BCUT2D eigenvalue weighted by Gasteiger charge is -2.24.